The fourth-order valence-corrected chi connectivity index (χ4v) is 16.9. The number of carbonyl (C=O) groups excluding carboxylic acids is 2. The molecule has 2 aliphatic rings. The number of hydrogen-bond donors (Lipinski definition) is 2. The number of thiophene rings is 2. The van der Waals surface area contributed by atoms with E-state index >= 15 is 19.8 Å². The van der Waals surface area contributed by atoms with E-state index in [1.165, 1.54) is 0 Å². The Kier molecular flexibility index (Phi) is 19.9. The Morgan fingerprint density at radius 1 is 0.240 bits per heavy atom. The highest BCUT2D eigenvalue weighted by Gasteiger charge is 2.40. The summed E-state index contributed by atoms with van der Waals surface area (Å²) in [7, 11) is 0. The number of aromatic hydroxyl groups is 2. The molecule has 538 valence electrons. The number of allylic oxidation sites excluding steroid dienone is 8. The summed E-state index contributed by atoms with van der Waals surface area (Å²) in [6, 6.07) is 17.3. The average Bonchev–Trinajstić information content (AvgIpc) is 1.53. The summed E-state index contributed by atoms with van der Waals surface area (Å²) in [5.41, 5.74) is 10.4. The van der Waals surface area contributed by atoms with Gasteiger partial charge in [-0.25, -0.2) is 0 Å². The second-order valence-electron chi connectivity index (χ2n) is 41.5. The van der Waals surface area contributed by atoms with Gasteiger partial charge in [-0.05, 0) is 171 Å². The number of rotatable bonds is 4. The van der Waals surface area contributed by atoms with Crippen molar-refractivity contribution < 1.29 is 30.0 Å². The van der Waals surface area contributed by atoms with Gasteiger partial charge in [0, 0.05) is 98.1 Å². The molecular weight excluding hydrogens is 1270 g/mol. The van der Waals surface area contributed by atoms with Crippen LogP contribution in [0.15, 0.2) is 95.1 Å². The Bertz CT molecular complexity index is 4210. The van der Waals surface area contributed by atoms with Crippen LogP contribution in [0.1, 0.15) is 294 Å². The first-order valence-electron chi connectivity index (χ1n) is 36.3. The zero-order valence-electron chi connectivity index (χ0n) is 68.3. The third-order valence-electron chi connectivity index (χ3n) is 20.0. The van der Waals surface area contributed by atoms with Gasteiger partial charge in [0.15, 0.2) is 23.1 Å². The number of phenolic OH excluding ortho intramolecular Hbond substituents is 2. The smallest absolute Gasteiger partial charge is 0.186 e. The van der Waals surface area contributed by atoms with Gasteiger partial charge in [-0.15, -0.1) is 22.7 Å². The molecule has 0 spiro atoms. The largest absolute Gasteiger partial charge is 0.507 e. The highest BCUT2D eigenvalue weighted by Crippen LogP contribution is 2.53. The zero-order chi connectivity index (χ0) is 76.4. The van der Waals surface area contributed by atoms with E-state index in [4.69, 9.17) is 0 Å². The molecule has 100 heavy (non-hydrogen) atoms. The van der Waals surface area contributed by atoms with Crippen LogP contribution < -0.4 is 9.06 Å². The second-order valence-corrected chi connectivity index (χ2v) is 43.5. The summed E-state index contributed by atoms with van der Waals surface area (Å²) in [6.07, 6.45) is 8.53. The molecule has 0 unspecified atom stereocenters. The van der Waals surface area contributed by atoms with Crippen molar-refractivity contribution in [3.63, 3.8) is 0 Å². The lowest BCUT2D eigenvalue weighted by atomic mass is 9.71. The minimum Gasteiger partial charge on any atom is -0.507 e. The fraction of sp³-hybridized carbons (Fsp3) is 0.522. The van der Waals surface area contributed by atoms with Crippen LogP contribution in [-0.4, -0.2) is 21.8 Å². The number of ketones is 2. The summed E-state index contributed by atoms with van der Waals surface area (Å²) in [5.74, 6) is 0.520. The molecule has 4 aromatic carbocycles. The van der Waals surface area contributed by atoms with Crippen molar-refractivity contribution in [2.45, 2.75) is 293 Å². The number of carbonyl (C=O) groups is 2. The molecule has 0 fully saturated rings. The lowest BCUT2D eigenvalue weighted by Crippen LogP contribution is -2.28. The Balaban J connectivity index is 2.05. The van der Waals surface area contributed by atoms with E-state index < -0.39 is 65.0 Å². The maximum absolute atomic E-state index is 15.6. The van der Waals surface area contributed by atoms with Crippen molar-refractivity contribution in [2.75, 3.05) is 0 Å². The van der Waals surface area contributed by atoms with Crippen molar-refractivity contribution in [3.05, 3.63) is 158 Å². The number of phenols is 2. The summed E-state index contributed by atoms with van der Waals surface area (Å²) in [4.78, 5) is 30.7. The second kappa shape index (κ2) is 25.2. The number of hydrogen-bond acceptors (Lipinski definition) is 6. The highest BCUT2D eigenvalue weighted by molar-refractivity contribution is 7.12. The average molecular weight is 1390 g/mol. The van der Waals surface area contributed by atoms with Crippen LogP contribution in [0.5, 0.6) is 23.0 Å². The topological polar surface area (TPSA) is 114 Å². The molecule has 6 aromatic rings. The van der Waals surface area contributed by atoms with Gasteiger partial charge in [0.2, 0.25) is 0 Å². The van der Waals surface area contributed by atoms with Crippen LogP contribution in [-0.2, 0) is 63.1 Å². The lowest BCUT2D eigenvalue weighted by molar-refractivity contribution is -0.114. The predicted octanol–water partition coefficient (Wildman–Crippen LogP) is 25.2. The Morgan fingerprint density at radius 2 is 0.400 bits per heavy atom. The van der Waals surface area contributed by atoms with E-state index in [0.29, 0.717) is 44.5 Å². The summed E-state index contributed by atoms with van der Waals surface area (Å²) >= 11 is 3.37. The molecule has 0 aliphatic heterocycles. The zero-order valence-corrected chi connectivity index (χ0v) is 69.9. The van der Waals surface area contributed by atoms with E-state index in [-0.39, 0.29) is 34.6 Å². The molecule has 2 aliphatic carbocycles. The van der Waals surface area contributed by atoms with E-state index in [1.54, 1.807) is 22.7 Å². The van der Waals surface area contributed by atoms with E-state index in [9.17, 15) is 10.2 Å². The molecule has 2 aromatic heterocycles. The maximum Gasteiger partial charge on any atom is 0.186 e. The first kappa shape index (κ1) is 79.2. The molecule has 8 heteroatoms. The minimum absolute atomic E-state index is 0.000190. The van der Waals surface area contributed by atoms with E-state index in [1.807, 2.05) is 0 Å². The van der Waals surface area contributed by atoms with Crippen LogP contribution in [0.2, 0.25) is 0 Å². The summed E-state index contributed by atoms with van der Waals surface area (Å²) in [5, 5.41) is 56.8. The van der Waals surface area contributed by atoms with Gasteiger partial charge < -0.3 is 10.2 Å². The van der Waals surface area contributed by atoms with Crippen LogP contribution >= 0.6 is 22.7 Å². The SMILES string of the molecule is CC(C)(C)C1=CC(=c2s/c(=c3/sc(=C4C=C(C(C)(C)C)C(=O)C(C(C)(C)C)=C4)c(-c4cc(C(C)(C)C)c([O])c(C(C)(C)C)c4)c3-c3cc(C(C)(C)C)c(O)c(C(C)(C)C)c3)c(-c3cc(C(C)(C)C)c([O])c(C(C)(C)C)c3)c2-c2cc(C(C)(C)C)c(O)c(C(C)(C)C)c2)C=C(C(C)(C)C)C1=O. The van der Waals surface area contributed by atoms with Crippen molar-refractivity contribution in [1.29, 1.82) is 0 Å². The Labute approximate surface area is 611 Å². The summed E-state index contributed by atoms with van der Waals surface area (Å²) in [6.45, 7) is 76.6. The first-order valence-corrected chi connectivity index (χ1v) is 37.9. The van der Waals surface area contributed by atoms with Gasteiger partial charge in [-0.1, -0.05) is 249 Å². The predicted molar refractivity (Wildman–Crippen MR) is 427 cm³/mol. The molecule has 0 saturated carbocycles. The standard InChI is InChI=1S/C92H122O6S2/c1-81(2,3)55-37-49(38-56(71(55)93)82(4,5)6)67-69(51-41-59(85(13,14)15)73(95)60(42-51)86(16,17)18)79(99-77(67)53-45-63(89(25,26)27)75(97)64(46-53)90(28,29)30)80-70(52-43-61(87(19,20)21)74(96)62(44-52)88(22,23)24)68(50-39-57(83(7,8)9)72(94)58(40-50)84(10,11)12)78(100-80)54-47-65(91(31,32)33)76(98)66(48-54)92(34,35)36/h37-48,93,96H,1-36H3/b80-79+. The highest BCUT2D eigenvalue weighted by atomic mass is 32.1. The molecule has 0 bridgehead atoms. The van der Waals surface area contributed by atoms with E-state index in [2.05, 4.69) is 322 Å². The molecule has 2 heterocycles. The molecule has 6 nitrogen and oxygen atoms in total. The van der Waals surface area contributed by atoms with Gasteiger partial charge >= 0.3 is 0 Å². The molecule has 0 atom stereocenters. The monoisotopic (exact) mass is 1390 g/mol. The molecule has 0 amide bonds. The first-order chi connectivity index (χ1) is 44.7. The van der Waals surface area contributed by atoms with Crippen LogP contribution in [0.25, 0.3) is 55.7 Å². The maximum atomic E-state index is 15.6. The van der Waals surface area contributed by atoms with Crippen molar-refractivity contribution in [1.82, 2.24) is 0 Å². The molecule has 2 radical (unpaired) electrons. The van der Waals surface area contributed by atoms with Crippen molar-refractivity contribution in [3.8, 4) is 67.5 Å². The Hall–Kier alpha value is -6.48. The third-order valence-corrected chi connectivity index (χ3v) is 22.6. The molecule has 2 N–H and O–H groups in total. The lowest BCUT2D eigenvalue weighted by Gasteiger charge is -2.31. The summed E-state index contributed by atoms with van der Waals surface area (Å²) < 4.78 is 3.62. The van der Waals surface area contributed by atoms with Gasteiger partial charge in [-0.3, -0.25) is 19.8 Å². The van der Waals surface area contributed by atoms with Gasteiger partial charge in [-0.2, -0.15) is 0 Å². The van der Waals surface area contributed by atoms with Gasteiger partial charge in [0.05, 0.1) is 9.06 Å². The number of benzene rings is 4. The van der Waals surface area contributed by atoms with E-state index in [0.717, 1.165) is 96.0 Å². The van der Waals surface area contributed by atoms with Crippen LogP contribution in [0.3, 0.4) is 0 Å². The number of Topliss-reactive ketones (excluding diaryl/α,β-unsaturated/α-hetero) is 2. The van der Waals surface area contributed by atoms with Crippen molar-refractivity contribution in [2.24, 2.45) is 21.7 Å². The quantitative estimate of drug-likeness (QED) is 0.183. The van der Waals surface area contributed by atoms with Crippen LogP contribution in [0.4, 0.5) is 0 Å². The van der Waals surface area contributed by atoms with Crippen LogP contribution in [0, 0.1) is 30.7 Å². The molecule has 0 saturated heterocycles. The fourth-order valence-electron chi connectivity index (χ4n) is 14.1. The Morgan fingerprint density at radius 3 is 0.560 bits per heavy atom. The van der Waals surface area contributed by atoms with Gasteiger partial charge in [0.25, 0.3) is 0 Å². The minimum atomic E-state index is -0.615. The normalized spacial score (nSPS) is 16.0. The molecule has 8 rings (SSSR count). The molecular formula is C92H122O6S2. The van der Waals surface area contributed by atoms with Gasteiger partial charge in [0.1, 0.15) is 11.5 Å². The third kappa shape index (κ3) is 15.3. The van der Waals surface area contributed by atoms with Crippen molar-refractivity contribution >= 4 is 45.4 Å².